The molecule has 0 saturated carbocycles. The molecule has 1 atom stereocenters. The number of aromatic nitrogens is 1. The predicted octanol–water partition coefficient (Wildman–Crippen LogP) is 6.87. The second kappa shape index (κ2) is 15.5. The second-order valence-corrected chi connectivity index (χ2v) is 13.8. The van der Waals surface area contributed by atoms with Crippen molar-refractivity contribution in [3.05, 3.63) is 123 Å². The maximum Gasteiger partial charge on any atom is 0.338 e. The molecule has 0 fully saturated rings. The standard InChI is InChI=1S/C36H34Br2N2O7S/c1-6-44-34(42)23-14-12-22(13-15-23)19-46-32-24(16-25(37)18-27(32)38)17-29-33(41)40-31(26-10-8-9-11-28(26)47-20(3)4)30(35(43)45-7-2)21(5)39-36(40)48-29/h8-18,20,31H,6-7,19H2,1-5H3/b29-17-/t31-/m0/s1. The molecule has 0 aliphatic carbocycles. The molecule has 3 aromatic carbocycles. The highest BCUT2D eigenvalue weighted by atomic mass is 79.9. The van der Waals surface area contributed by atoms with Gasteiger partial charge in [-0.2, -0.15) is 0 Å². The number of allylic oxidation sites excluding steroid dienone is 1. The Labute approximate surface area is 298 Å². The summed E-state index contributed by atoms with van der Waals surface area (Å²) in [7, 11) is 0. The maximum absolute atomic E-state index is 14.3. The number of hydrogen-bond acceptors (Lipinski definition) is 9. The minimum absolute atomic E-state index is 0.137. The van der Waals surface area contributed by atoms with Crippen molar-refractivity contribution in [1.29, 1.82) is 0 Å². The molecule has 250 valence electrons. The highest BCUT2D eigenvalue weighted by Crippen LogP contribution is 2.37. The first-order chi connectivity index (χ1) is 23.0. The van der Waals surface area contributed by atoms with Gasteiger partial charge in [-0.1, -0.05) is 57.6 Å². The zero-order valence-electron chi connectivity index (χ0n) is 27.0. The van der Waals surface area contributed by atoms with Gasteiger partial charge in [0.1, 0.15) is 24.1 Å². The van der Waals surface area contributed by atoms with E-state index in [1.807, 2.05) is 50.2 Å². The van der Waals surface area contributed by atoms with Crippen LogP contribution in [0.1, 0.15) is 67.7 Å². The topological polar surface area (TPSA) is 105 Å². The molecule has 0 saturated heterocycles. The lowest BCUT2D eigenvalue weighted by Gasteiger charge is -2.26. The Morgan fingerprint density at radius 2 is 1.69 bits per heavy atom. The van der Waals surface area contributed by atoms with Gasteiger partial charge in [0.05, 0.1) is 45.2 Å². The van der Waals surface area contributed by atoms with E-state index in [0.29, 0.717) is 54.3 Å². The number of carbonyl (C=O) groups excluding carboxylic acids is 2. The van der Waals surface area contributed by atoms with Gasteiger partial charge in [0.25, 0.3) is 5.56 Å². The van der Waals surface area contributed by atoms with Gasteiger partial charge in [0.2, 0.25) is 0 Å². The third kappa shape index (κ3) is 7.66. The van der Waals surface area contributed by atoms with Gasteiger partial charge in [-0.3, -0.25) is 9.36 Å². The van der Waals surface area contributed by atoms with Crippen LogP contribution in [-0.4, -0.2) is 35.8 Å². The third-order valence-corrected chi connectivity index (χ3v) is 9.30. The SMILES string of the molecule is CCOC(=O)C1=C(C)N=c2s/c(=C\c3cc(Br)cc(Br)c3OCc3ccc(C(=O)OCC)cc3)c(=O)n2[C@H]1c1ccccc1OC(C)C. The number of rotatable bonds is 11. The van der Waals surface area contributed by atoms with Crippen LogP contribution < -0.4 is 24.4 Å². The van der Waals surface area contributed by atoms with Crippen LogP contribution in [0.15, 0.2) is 90.7 Å². The molecular formula is C36H34Br2N2O7S. The van der Waals surface area contributed by atoms with Crippen LogP contribution in [-0.2, 0) is 20.9 Å². The van der Waals surface area contributed by atoms with Crippen molar-refractivity contribution >= 4 is 61.2 Å². The first kappa shape index (κ1) is 35.3. The monoisotopic (exact) mass is 796 g/mol. The van der Waals surface area contributed by atoms with Crippen molar-refractivity contribution in [2.45, 2.75) is 53.4 Å². The molecular weight excluding hydrogens is 764 g/mol. The minimum Gasteiger partial charge on any atom is -0.491 e. The highest BCUT2D eigenvalue weighted by molar-refractivity contribution is 9.11. The van der Waals surface area contributed by atoms with Crippen LogP contribution in [0.3, 0.4) is 0 Å². The minimum atomic E-state index is -0.819. The zero-order valence-corrected chi connectivity index (χ0v) is 31.0. The van der Waals surface area contributed by atoms with Crippen LogP contribution >= 0.6 is 43.2 Å². The summed E-state index contributed by atoms with van der Waals surface area (Å²) >= 11 is 8.40. The fraction of sp³-hybridized carbons (Fsp3) is 0.278. The molecule has 12 heteroatoms. The molecule has 1 aliphatic heterocycles. The summed E-state index contributed by atoms with van der Waals surface area (Å²) in [4.78, 5) is 44.9. The zero-order chi connectivity index (χ0) is 34.5. The van der Waals surface area contributed by atoms with Gasteiger partial charge in [-0.25, -0.2) is 14.6 Å². The lowest BCUT2D eigenvalue weighted by Crippen LogP contribution is -2.40. The average Bonchev–Trinajstić information content (AvgIpc) is 3.34. The third-order valence-electron chi connectivity index (χ3n) is 7.27. The normalized spacial score (nSPS) is 14.4. The number of carbonyl (C=O) groups is 2. The van der Waals surface area contributed by atoms with E-state index in [-0.39, 0.29) is 36.4 Å². The molecule has 1 aliphatic rings. The lowest BCUT2D eigenvalue weighted by atomic mass is 9.95. The Morgan fingerprint density at radius 3 is 2.38 bits per heavy atom. The fourth-order valence-electron chi connectivity index (χ4n) is 5.24. The molecule has 0 radical (unpaired) electrons. The molecule has 0 N–H and O–H groups in total. The van der Waals surface area contributed by atoms with Crippen LogP contribution in [0.25, 0.3) is 6.08 Å². The molecule has 0 amide bonds. The van der Waals surface area contributed by atoms with Gasteiger partial charge < -0.3 is 18.9 Å². The summed E-state index contributed by atoms with van der Waals surface area (Å²) in [5.74, 6) is 0.158. The Hall–Kier alpha value is -4.00. The van der Waals surface area contributed by atoms with Crippen LogP contribution in [0.5, 0.6) is 11.5 Å². The first-order valence-corrected chi connectivity index (χ1v) is 17.8. The fourth-order valence-corrected chi connectivity index (χ4v) is 7.65. The van der Waals surface area contributed by atoms with E-state index >= 15 is 0 Å². The number of hydrogen-bond donors (Lipinski definition) is 0. The summed E-state index contributed by atoms with van der Waals surface area (Å²) < 4.78 is 26.3. The number of para-hydroxylation sites is 1. The summed E-state index contributed by atoms with van der Waals surface area (Å²) in [6.07, 6.45) is 1.62. The summed E-state index contributed by atoms with van der Waals surface area (Å²) in [5.41, 5.74) is 3.01. The smallest absolute Gasteiger partial charge is 0.338 e. The van der Waals surface area contributed by atoms with Crippen molar-refractivity contribution in [2.24, 2.45) is 4.99 Å². The van der Waals surface area contributed by atoms with Crippen molar-refractivity contribution in [3.8, 4) is 11.5 Å². The number of thiazole rings is 1. The Kier molecular flexibility index (Phi) is 11.4. The quantitative estimate of drug-likeness (QED) is 0.153. The summed E-state index contributed by atoms with van der Waals surface area (Å²) in [6, 6.07) is 17.3. The van der Waals surface area contributed by atoms with E-state index in [9.17, 15) is 14.4 Å². The number of nitrogens with zero attached hydrogens (tertiary/aromatic N) is 2. The number of benzene rings is 3. The maximum atomic E-state index is 14.3. The number of esters is 2. The van der Waals surface area contributed by atoms with E-state index < -0.39 is 12.0 Å². The molecule has 2 heterocycles. The largest absolute Gasteiger partial charge is 0.491 e. The Morgan fingerprint density at radius 1 is 1.00 bits per heavy atom. The average molecular weight is 799 g/mol. The van der Waals surface area contributed by atoms with Gasteiger partial charge in [0.15, 0.2) is 4.80 Å². The summed E-state index contributed by atoms with van der Waals surface area (Å²) in [5, 5.41) is 0. The van der Waals surface area contributed by atoms with E-state index in [4.69, 9.17) is 23.9 Å². The van der Waals surface area contributed by atoms with Crippen LogP contribution in [0.2, 0.25) is 0 Å². The highest BCUT2D eigenvalue weighted by Gasteiger charge is 2.35. The van der Waals surface area contributed by atoms with E-state index in [0.717, 1.165) is 10.0 Å². The molecule has 9 nitrogen and oxygen atoms in total. The van der Waals surface area contributed by atoms with Gasteiger partial charge in [0, 0.05) is 15.6 Å². The predicted molar refractivity (Wildman–Crippen MR) is 191 cm³/mol. The molecule has 1 aromatic heterocycles. The molecule has 0 unspecified atom stereocenters. The Balaban J connectivity index is 1.60. The first-order valence-electron chi connectivity index (χ1n) is 15.4. The summed E-state index contributed by atoms with van der Waals surface area (Å²) in [6.45, 7) is 9.77. The van der Waals surface area contributed by atoms with E-state index in [1.54, 1.807) is 51.1 Å². The number of fused-ring (bicyclic) bond motifs is 1. The van der Waals surface area contributed by atoms with E-state index in [2.05, 4.69) is 31.9 Å². The van der Waals surface area contributed by atoms with Gasteiger partial charge in [-0.05, 0) is 92.5 Å². The van der Waals surface area contributed by atoms with Gasteiger partial charge >= 0.3 is 11.9 Å². The molecule has 5 rings (SSSR count). The van der Waals surface area contributed by atoms with Crippen molar-refractivity contribution in [1.82, 2.24) is 4.57 Å². The lowest BCUT2D eigenvalue weighted by molar-refractivity contribution is -0.139. The molecule has 0 bridgehead atoms. The number of halogens is 2. The van der Waals surface area contributed by atoms with Crippen molar-refractivity contribution in [2.75, 3.05) is 13.2 Å². The number of ether oxygens (including phenoxy) is 4. The Bertz CT molecular complexity index is 2070. The van der Waals surface area contributed by atoms with Gasteiger partial charge in [-0.15, -0.1) is 0 Å². The van der Waals surface area contributed by atoms with Crippen molar-refractivity contribution < 1.29 is 28.5 Å². The van der Waals surface area contributed by atoms with Crippen LogP contribution in [0.4, 0.5) is 0 Å². The molecule has 4 aromatic rings. The van der Waals surface area contributed by atoms with E-state index in [1.165, 1.54) is 15.9 Å². The van der Waals surface area contributed by atoms with Crippen molar-refractivity contribution in [3.63, 3.8) is 0 Å². The second-order valence-electron chi connectivity index (χ2n) is 11.0. The molecule has 0 spiro atoms. The molecule has 48 heavy (non-hydrogen) atoms. The van der Waals surface area contributed by atoms with Crippen LogP contribution in [0, 0.1) is 0 Å².